The molecular weight excluding hydrogens is 118 g/mol. The lowest BCUT2D eigenvalue weighted by Crippen LogP contribution is -1.97. The summed E-state index contributed by atoms with van der Waals surface area (Å²) >= 11 is 0. The fraction of sp³-hybridized carbons (Fsp3) is 0.667. The van der Waals surface area contributed by atoms with Crippen LogP contribution in [0.5, 0.6) is 0 Å². The molecule has 0 aliphatic carbocycles. The van der Waals surface area contributed by atoms with E-state index in [9.17, 15) is 0 Å². The van der Waals surface area contributed by atoms with Gasteiger partial charge in [0.15, 0.2) is 0 Å². The minimum atomic E-state index is -0.125. The van der Waals surface area contributed by atoms with Gasteiger partial charge in [-0.1, -0.05) is 6.58 Å². The third-order valence-corrected chi connectivity index (χ3v) is 0.465. The zero-order valence-electron chi connectivity index (χ0n) is 6.04. The zero-order chi connectivity index (χ0) is 7.70. The normalized spacial score (nSPS) is 7.11. The first-order valence-electron chi connectivity index (χ1n) is 2.69. The SMILES string of the molecule is C=CN(C)C.OCCO. The molecule has 0 rings (SSSR count). The van der Waals surface area contributed by atoms with Crippen LogP contribution in [0.1, 0.15) is 0 Å². The van der Waals surface area contributed by atoms with E-state index in [4.69, 9.17) is 10.2 Å². The van der Waals surface area contributed by atoms with Crippen LogP contribution in [-0.2, 0) is 0 Å². The number of aliphatic hydroxyl groups excluding tert-OH is 2. The highest BCUT2D eigenvalue weighted by Crippen LogP contribution is 1.64. The Balaban J connectivity index is 0. The third kappa shape index (κ3) is 36.7. The Hall–Kier alpha value is -0.540. The lowest BCUT2D eigenvalue weighted by atomic mass is 10.8. The molecule has 0 atom stereocenters. The van der Waals surface area contributed by atoms with Crippen molar-refractivity contribution in [1.29, 1.82) is 0 Å². The molecule has 0 saturated carbocycles. The summed E-state index contributed by atoms with van der Waals surface area (Å²) in [6.45, 7) is 3.24. The maximum absolute atomic E-state index is 7.62. The van der Waals surface area contributed by atoms with Crippen molar-refractivity contribution in [2.24, 2.45) is 0 Å². The quantitative estimate of drug-likeness (QED) is 0.541. The van der Waals surface area contributed by atoms with E-state index in [1.807, 2.05) is 19.0 Å². The third-order valence-electron chi connectivity index (χ3n) is 0.465. The maximum atomic E-state index is 7.62. The lowest BCUT2D eigenvalue weighted by molar-refractivity contribution is 0.186. The Morgan fingerprint density at radius 2 is 1.56 bits per heavy atom. The molecule has 0 aliphatic heterocycles. The molecule has 2 N–H and O–H groups in total. The van der Waals surface area contributed by atoms with Crippen LogP contribution in [0.4, 0.5) is 0 Å². The van der Waals surface area contributed by atoms with Gasteiger partial charge in [-0.2, -0.15) is 0 Å². The van der Waals surface area contributed by atoms with Crippen molar-refractivity contribution in [2.45, 2.75) is 0 Å². The molecule has 0 saturated heterocycles. The second-order valence-corrected chi connectivity index (χ2v) is 1.59. The Bertz CT molecular complexity index is 53.0. The molecule has 0 bridgehead atoms. The van der Waals surface area contributed by atoms with Crippen molar-refractivity contribution >= 4 is 0 Å². The molecule has 0 radical (unpaired) electrons. The summed E-state index contributed by atoms with van der Waals surface area (Å²) in [6, 6.07) is 0. The van der Waals surface area contributed by atoms with Gasteiger partial charge in [0.05, 0.1) is 13.2 Å². The van der Waals surface area contributed by atoms with Crippen LogP contribution in [0, 0.1) is 0 Å². The number of nitrogens with zero attached hydrogens (tertiary/aromatic N) is 1. The maximum Gasteiger partial charge on any atom is 0.0662 e. The van der Waals surface area contributed by atoms with Crippen molar-refractivity contribution in [1.82, 2.24) is 4.90 Å². The van der Waals surface area contributed by atoms with Crippen LogP contribution in [0.3, 0.4) is 0 Å². The molecule has 0 aromatic rings. The summed E-state index contributed by atoms with van der Waals surface area (Å²) in [5, 5.41) is 15.2. The molecule has 0 aliphatic rings. The Morgan fingerprint density at radius 3 is 1.56 bits per heavy atom. The summed E-state index contributed by atoms with van der Waals surface area (Å²) in [5.74, 6) is 0. The van der Waals surface area contributed by atoms with Crippen LogP contribution < -0.4 is 0 Å². The smallest absolute Gasteiger partial charge is 0.0662 e. The Morgan fingerprint density at radius 1 is 1.33 bits per heavy atom. The van der Waals surface area contributed by atoms with Crippen LogP contribution in [0.25, 0.3) is 0 Å². The van der Waals surface area contributed by atoms with Crippen LogP contribution in [0.15, 0.2) is 12.8 Å². The summed E-state index contributed by atoms with van der Waals surface area (Å²) in [6.07, 6.45) is 1.75. The molecule has 0 fully saturated rings. The summed E-state index contributed by atoms with van der Waals surface area (Å²) in [7, 11) is 3.88. The molecular formula is C6H15NO2. The van der Waals surface area contributed by atoms with E-state index < -0.39 is 0 Å². The van der Waals surface area contributed by atoms with Crippen molar-refractivity contribution in [3.63, 3.8) is 0 Å². The molecule has 56 valence electrons. The second kappa shape index (κ2) is 10.4. The van der Waals surface area contributed by atoms with Gasteiger partial charge in [-0.05, 0) is 6.20 Å². The first-order chi connectivity index (χ1) is 4.18. The highest BCUT2D eigenvalue weighted by atomic mass is 16.3. The predicted octanol–water partition coefficient (Wildman–Crippen LogP) is -0.338. The standard InChI is InChI=1S/C4H9N.C2H6O2/c1-4-5(2)3;3-1-2-4/h4H,1H2,2-3H3;3-4H,1-2H2. The average molecular weight is 133 g/mol. The molecule has 3 nitrogen and oxygen atoms in total. The fourth-order valence-electron chi connectivity index (χ4n) is 0. The molecule has 0 aromatic carbocycles. The average Bonchev–Trinajstić information content (AvgIpc) is 1.89. The van der Waals surface area contributed by atoms with Gasteiger partial charge in [0.25, 0.3) is 0 Å². The van der Waals surface area contributed by atoms with E-state index in [0.29, 0.717) is 0 Å². The molecule has 0 amide bonds. The van der Waals surface area contributed by atoms with E-state index in [1.54, 1.807) is 6.20 Å². The summed E-state index contributed by atoms with van der Waals surface area (Å²) in [5.41, 5.74) is 0. The van der Waals surface area contributed by atoms with Crippen LogP contribution in [-0.4, -0.2) is 42.4 Å². The Kier molecular flexibility index (Phi) is 13.1. The van der Waals surface area contributed by atoms with E-state index in [2.05, 4.69) is 6.58 Å². The minimum absolute atomic E-state index is 0.125. The van der Waals surface area contributed by atoms with Gasteiger partial charge >= 0.3 is 0 Å². The zero-order valence-corrected chi connectivity index (χ0v) is 6.04. The lowest BCUT2D eigenvalue weighted by Gasteiger charge is -1.98. The Labute approximate surface area is 56.2 Å². The largest absolute Gasteiger partial charge is 0.394 e. The summed E-state index contributed by atoms with van der Waals surface area (Å²) < 4.78 is 0. The fourth-order valence-corrected chi connectivity index (χ4v) is 0. The number of hydrogen-bond acceptors (Lipinski definition) is 3. The molecule has 3 heteroatoms. The van der Waals surface area contributed by atoms with Gasteiger partial charge in [-0.3, -0.25) is 0 Å². The van der Waals surface area contributed by atoms with Gasteiger partial charge in [-0.25, -0.2) is 0 Å². The molecule has 9 heavy (non-hydrogen) atoms. The highest BCUT2D eigenvalue weighted by Gasteiger charge is 1.62. The van der Waals surface area contributed by atoms with E-state index in [0.717, 1.165) is 0 Å². The van der Waals surface area contributed by atoms with Gasteiger partial charge in [0.2, 0.25) is 0 Å². The summed E-state index contributed by atoms with van der Waals surface area (Å²) in [4.78, 5) is 1.89. The molecule has 0 unspecified atom stereocenters. The van der Waals surface area contributed by atoms with Crippen molar-refractivity contribution in [3.05, 3.63) is 12.8 Å². The first kappa shape index (κ1) is 11.3. The van der Waals surface area contributed by atoms with Crippen molar-refractivity contribution in [3.8, 4) is 0 Å². The van der Waals surface area contributed by atoms with E-state index >= 15 is 0 Å². The minimum Gasteiger partial charge on any atom is -0.394 e. The molecule has 0 aromatic heterocycles. The predicted molar refractivity (Wildman–Crippen MR) is 38.1 cm³/mol. The number of hydrogen-bond donors (Lipinski definition) is 2. The number of aliphatic hydroxyl groups is 2. The molecule has 0 spiro atoms. The van der Waals surface area contributed by atoms with Crippen molar-refractivity contribution < 1.29 is 10.2 Å². The van der Waals surface area contributed by atoms with Gasteiger partial charge in [0, 0.05) is 14.1 Å². The highest BCUT2D eigenvalue weighted by molar-refractivity contribution is 4.59. The van der Waals surface area contributed by atoms with Crippen LogP contribution in [0.2, 0.25) is 0 Å². The van der Waals surface area contributed by atoms with E-state index in [1.165, 1.54) is 0 Å². The number of rotatable bonds is 2. The molecule has 0 heterocycles. The topological polar surface area (TPSA) is 43.7 Å². The van der Waals surface area contributed by atoms with Crippen LogP contribution >= 0.6 is 0 Å². The monoisotopic (exact) mass is 133 g/mol. The first-order valence-corrected chi connectivity index (χ1v) is 2.69. The van der Waals surface area contributed by atoms with Gasteiger partial charge in [0.1, 0.15) is 0 Å². The van der Waals surface area contributed by atoms with Gasteiger partial charge < -0.3 is 15.1 Å². The second-order valence-electron chi connectivity index (χ2n) is 1.59. The van der Waals surface area contributed by atoms with Crippen molar-refractivity contribution in [2.75, 3.05) is 27.3 Å². The van der Waals surface area contributed by atoms with Gasteiger partial charge in [-0.15, -0.1) is 0 Å². The van der Waals surface area contributed by atoms with E-state index in [-0.39, 0.29) is 13.2 Å².